The Hall–Kier alpha value is -2.58. The van der Waals surface area contributed by atoms with E-state index in [0.29, 0.717) is 5.56 Å². The fourth-order valence-electron chi connectivity index (χ4n) is 1.80. The number of allylic oxidation sites excluding steroid dienone is 1. The van der Waals surface area contributed by atoms with E-state index in [1.807, 2.05) is 32.0 Å². The Morgan fingerprint density at radius 3 is 2.00 bits per heavy atom. The topological polar surface area (TPSA) is 67.2 Å². The zero-order valence-corrected chi connectivity index (χ0v) is 13.1. The van der Waals surface area contributed by atoms with Crippen molar-refractivity contribution in [3.05, 3.63) is 71.3 Å². The molecule has 0 aliphatic rings. The van der Waals surface area contributed by atoms with Gasteiger partial charge in [-0.3, -0.25) is 0 Å². The van der Waals surface area contributed by atoms with Crippen molar-refractivity contribution in [3.8, 4) is 6.07 Å². The molecule has 0 N–H and O–H groups in total. The van der Waals surface area contributed by atoms with Crippen molar-refractivity contribution in [3.63, 3.8) is 0 Å². The normalized spacial score (nSPS) is 11.8. The summed E-state index contributed by atoms with van der Waals surface area (Å²) in [5.74, 6) is 0.00285. The lowest BCUT2D eigenvalue weighted by molar-refractivity contribution is 0.463. The Morgan fingerprint density at radius 2 is 1.50 bits per heavy atom. The molecule has 0 fully saturated rings. The molecule has 0 aliphatic heterocycles. The number of rotatable bonds is 4. The van der Waals surface area contributed by atoms with E-state index in [4.69, 9.17) is 9.44 Å². The molecule has 112 valence electrons. The molecule has 2 aromatic rings. The second-order valence-corrected chi connectivity index (χ2v) is 6.40. The summed E-state index contributed by atoms with van der Waals surface area (Å²) in [4.78, 5) is 0.0500. The van der Waals surface area contributed by atoms with Crippen molar-refractivity contribution in [1.29, 1.82) is 5.26 Å². The maximum absolute atomic E-state index is 12.3. The fourth-order valence-corrected chi connectivity index (χ4v) is 2.75. The molecule has 5 heteroatoms. The van der Waals surface area contributed by atoms with E-state index >= 15 is 0 Å². The Balaban J connectivity index is 2.36. The number of benzene rings is 2. The molecule has 0 unspecified atom stereocenters. The highest BCUT2D eigenvalue weighted by atomic mass is 32.2. The summed E-state index contributed by atoms with van der Waals surface area (Å²) in [6.07, 6.45) is 1.08. The molecule has 22 heavy (non-hydrogen) atoms. The van der Waals surface area contributed by atoms with Crippen molar-refractivity contribution < 1.29 is 12.6 Å². The van der Waals surface area contributed by atoms with E-state index in [1.165, 1.54) is 12.1 Å². The summed E-state index contributed by atoms with van der Waals surface area (Å²) >= 11 is 0. The predicted octanol–water partition coefficient (Wildman–Crippen LogP) is 3.57. The summed E-state index contributed by atoms with van der Waals surface area (Å²) in [6.45, 7) is 3.78. The van der Waals surface area contributed by atoms with Crippen LogP contribution in [0.5, 0.6) is 0 Å². The molecule has 2 rings (SSSR count). The standard InChI is InChI=1S/C17H15NO3S/c1-13-3-7-15(8-4-13)17(11-12-18)21-22(19,20)16-9-5-14(2)6-10-16/h3-11H,1-2H3/b17-11+. The van der Waals surface area contributed by atoms with Gasteiger partial charge in [-0.05, 0) is 26.0 Å². The fraction of sp³-hybridized carbons (Fsp3) is 0.118. The van der Waals surface area contributed by atoms with Gasteiger partial charge in [-0.15, -0.1) is 0 Å². The third-order valence-corrected chi connectivity index (χ3v) is 4.29. The second-order valence-electron chi connectivity index (χ2n) is 4.85. The van der Waals surface area contributed by atoms with Gasteiger partial charge in [0.05, 0.1) is 12.1 Å². The van der Waals surface area contributed by atoms with E-state index < -0.39 is 10.1 Å². The van der Waals surface area contributed by atoms with Gasteiger partial charge in [0, 0.05) is 5.56 Å². The highest BCUT2D eigenvalue weighted by molar-refractivity contribution is 7.87. The molecular weight excluding hydrogens is 298 g/mol. The van der Waals surface area contributed by atoms with Gasteiger partial charge >= 0.3 is 10.1 Å². The van der Waals surface area contributed by atoms with Crippen molar-refractivity contribution in [2.75, 3.05) is 0 Å². The molecular formula is C17H15NO3S. The number of hydrogen-bond acceptors (Lipinski definition) is 4. The van der Waals surface area contributed by atoms with E-state index in [1.54, 1.807) is 24.3 Å². The van der Waals surface area contributed by atoms with Gasteiger partial charge in [0.2, 0.25) is 0 Å². The van der Waals surface area contributed by atoms with Crippen LogP contribution < -0.4 is 0 Å². The van der Waals surface area contributed by atoms with Crippen molar-refractivity contribution in [2.24, 2.45) is 0 Å². The third-order valence-electron chi connectivity index (χ3n) is 3.04. The predicted molar refractivity (Wildman–Crippen MR) is 84.2 cm³/mol. The largest absolute Gasteiger partial charge is 0.378 e. The summed E-state index contributed by atoms with van der Waals surface area (Å²) in [5.41, 5.74) is 2.51. The lowest BCUT2D eigenvalue weighted by Crippen LogP contribution is -2.06. The van der Waals surface area contributed by atoms with Gasteiger partial charge in [-0.2, -0.15) is 13.7 Å². The van der Waals surface area contributed by atoms with Gasteiger partial charge in [0.1, 0.15) is 4.90 Å². The molecule has 0 saturated heterocycles. The molecule has 0 spiro atoms. The van der Waals surface area contributed by atoms with Crippen LogP contribution in [0.15, 0.2) is 59.5 Å². The molecule has 4 nitrogen and oxygen atoms in total. The number of nitrogens with zero attached hydrogens (tertiary/aromatic N) is 1. The van der Waals surface area contributed by atoms with Gasteiger partial charge in [0.15, 0.2) is 5.76 Å². The van der Waals surface area contributed by atoms with Gasteiger partial charge < -0.3 is 4.18 Å². The first kappa shape index (κ1) is 15.8. The number of nitriles is 1. The van der Waals surface area contributed by atoms with E-state index in [9.17, 15) is 8.42 Å². The molecule has 0 radical (unpaired) electrons. The minimum absolute atomic E-state index is 0.00285. The van der Waals surface area contributed by atoms with Crippen molar-refractivity contribution in [2.45, 2.75) is 18.7 Å². The SMILES string of the molecule is Cc1ccc(/C(=C\C#N)OS(=O)(=O)c2ccc(C)cc2)cc1. The second kappa shape index (κ2) is 6.46. The summed E-state index contributed by atoms with van der Waals surface area (Å²) in [6, 6.07) is 15.2. The van der Waals surface area contributed by atoms with E-state index in [2.05, 4.69) is 0 Å². The first-order chi connectivity index (χ1) is 10.4. The summed E-state index contributed by atoms with van der Waals surface area (Å²) < 4.78 is 29.7. The van der Waals surface area contributed by atoms with Gasteiger partial charge in [-0.25, -0.2) is 0 Å². The van der Waals surface area contributed by atoms with Gasteiger partial charge in [-0.1, -0.05) is 47.5 Å². The minimum Gasteiger partial charge on any atom is -0.378 e. The molecule has 2 aromatic carbocycles. The van der Waals surface area contributed by atoms with Crippen LogP contribution in [0.3, 0.4) is 0 Å². The smallest absolute Gasteiger partial charge is 0.339 e. The van der Waals surface area contributed by atoms with Crippen LogP contribution in [0, 0.1) is 25.2 Å². The number of aryl methyl sites for hydroxylation is 2. The highest BCUT2D eigenvalue weighted by Gasteiger charge is 2.18. The lowest BCUT2D eigenvalue weighted by atomic mass is 10.1. The number of hydrogen-bond donors (Lipinski definition) is 0. The average molecular weight is 313 g/mol. The first-order valence-corrected chi connectivity index (χ1v) is 8.01. The molecule has 0 bridgehead atoms. The Bertz CT molecular complexity index is 827. The zero-order valence-electron chi connectivity index (χ0n) is 12.3. The summed E-state index contributed by atoms with van der Waals surface area (Å²) in [7, 11) is -3.98. The zero-order chi connectivity index (χ0) is 16.2. The van der Waals surface area contributed by atoms with E-state index in [0.717, 1.165) is 17.2 Å². The summed E-state index contributed by atoms with van der Waals surface area (Å²) in [5, 5.41) is 8.86. The molecule has 0 aliphatic carbocycles. The maximum atomic E-state index is 12.3. The molecule has 0 aromatic heterocycles. The van der Waals surface area contributed by atoms with Crippen LogP contribution in [0.2, 0.25) is 0 Å². The first-order valence-electron chi connectivity index (χ1n) is 6.60. The Labute approximate surface area is 130 Å². The van der Waals surface area contributed by atoms with Gasteiger partial charge in [0.25, 0.3) is 0 Å². The van der Waals surface area contributed by atoms with Crippen LogP contribution in [0.4, 0.5) is 0 Å². The van der Waals surface area contributed by atoms with Crippen LogP contribution in [-0.4, -0.2) is 8.42 Å². The Kier molecular flexibility index (Phi) is 4.64. The van der Waals surface area contributed by atoms with Crippen LogP contribution in [0.1, 0.15) is 16.7 Å². The average Bonchev–Trinajstić information content (AvgIpc) is 2.48. The quantitative estimate of drug-likeness (QED) is 0.491. The van der Waals surface area contributed by atoms with Crippen molar-refractivity contribution >= 4 is 15.9 Å². The minimum atomic E-state index is -3.98. The maximum Gasteiger partial charge on any atom is 0.339 e. The Morgan fingerprint density at radius 1 is 1.00 bits per heavy atom. The third kappa shape index (κ3) is 3.74. The highest BCUT2D eigenvalue weighted by Crippen LogP contribution is 2.23. The van der Waals surface area contributed by atoms with E-state index in [-0.39, 0.29) is 10.7 Å². The van der Waals surface area contributed by atoms with Crippen molar-refractivity contribution in [1.82, 2.24) is 0 Å². The van der Waals surface area contributed by atoms with Crippen LogP contribution >= 0.6 is 0 Å². The van der Waals surface area contributed by atoms with Crippen LogP contribution in [-0.2, 0) is 14.3 Å². The molecule has 0 atom stereocenters. The molecule has 0 heterocycles. The lowest BCUT2D eigenvalue weighted by Gasteiger charge is -2.10. The molecule has 0 amide bonds. The molecule has 0 saturated carbocycles. The van der Waals surface area contributed by atoms with Crippen LogP contribution in [0.25, 0.3) is 5.76 Å². The monoisotopic (exact) mass is 313 g/mol.